The molecular formula is C25H31N3O3S. The van der Waals surface area contributed by atoms with E-state index in [4.69, 9.17) is 20.2 Å². The number of nitrogens with one attached hydrogen (secondary N) is 1. The average Bonchev–Trinajstić information content (AvgIpc) is 3.12. The van der Waals surface area contributed by atoms with E-state index < -0.39 is 0 Å². The van der Waals surface area contributed by atoms with Crippen LogP contribution in [0.25, 0.3) is 10.2 Å². The molecule has 2 aromatic heterocycles. The molecule has 1 aliphatic carbocycles. The van der Waals surface area contributed by atoms with Crippen LogP contribution in [0.5, 0.6) is 11.5 Å². The van der Waals surface area contributed by atoms with E-state index in [1.807, 2.05) is 0 Å². The molecule has 0 saturated heterocycles. The van der Waals surface area contributed by atoms with Crippen LogP contribution in [0.4, 0.5) is 11.4 Å². The predicted molar refractivity (Wildman–Crippen MR) is 131 cm³/mol. The predicted octanol–water partition coefficient (Wildman–Crippen LogP) is 5.69. The van der Waals surface area contributed by atoms with Crippen molar-refractivity contribution in [2.45, 2.75) is 46.5 Å². The molecule has 0 saturated carbocycles. The Morgan fingerprint density at radius 3 is 2.75 bits per heavy atom. The molecule has 1 aliphatic rings. The average molecular weight is 454 g/mol. The minimum absolute atomic E-state index is 0.278. The Kier molecular flexibility index (Phi) is 6.03. The number of hydrogen-bond acceptors (Lipinski definition) is 6. The number of amides is 1. The third kappa shape index (κ3) is 4.01. The van der Waals surface area contributed by atoms with Gasteiger partial charge in [0.2, 0.25) is 0 Å². The van der Waals surface area contributed by atoms with Crippen molar-refractivity contribution in [3.05, 3.63) is 40.4 Å². The fourth-order valence-electron chi connectivity index (χ4n) is 4.41. The molecule has 1 amide bonds. The van der Waals surface area contributed by atoms with E-state index in [-0.39, 0.29) is 5.91 Å². The highest BCUT2D eigenvalue weighted by molar-refractivity contribution is 7.21. The number of carbonyl (C=O) groups is 1. The molecule has 3 aromatic rings. The fraction of sp³-hybridized carbons (Fsp3) is 0.440. The number of carbonyl (C=O) groups excluding carboxylic acids is 1. The zero-order valence-corrected chi connectivity index (χ0v) is 20.2. The first-order valence-corrected chi connectivity index (χ1v) is 11.8. The van der Waals surface area contributed by atoms with E-state index in [2.05, 4.69) is 32.2 Å². The van der Waals surface area contributed by atoms with Gasteiger partial charge in [-0.2, -0.15) is 0 Å². The van der Waals surface area contributed by atoms with Crippen LogP contribution in [0.1, 0.15) is 54.5 Å². The van der Waals surface area contributed by atoms with Crippen LogP contribution in [0.15, 0.2) is 24.3 Å². The maximum atomic E-state index is 13.1. The molecule has 0 aliphatic heterocycles. The lowest BCUT2D eigenvalue weighted by atomic mass is 9.69. The number of ether oxygens (including phenoxy) is 2. The van der Waals surface area contributed by atoms with E-state index in [0.29, 0.717) is 39.1 Å². The van der Waals surface area contributed by atoms with Gasteiger partial charge in [-0.3, -0.25) is 4.79 Å². The van der Waals surface area contributed by atoms with Gasteiger partial charge < -0.3 is 20.5 Å². The molecule has 0 bridgehead atoms. The first-order chi connectivity index (χ1) is 15.3. The summed E-state index contributed by atoms with van der Waals surface area (Å²) in [5.41, 5.74) is 10.2. The quantitative estimate of drug-likeness (QED) is 0.501. The van der Waals surface area contributed by atoms with Crippen molar-refractivity contribution >= 4 is 38.8 Å². The number of nitrogens with two attached hydrogens (primary N) is 1. The summed E-state index contributed by atoms with van der Waals surface area (Å²) in [6, 6.07) is 7.42. The zero-order valence-electron chi connectivity index (χ0n) is 19.4. The Balaban J connectivity index is 1.66. The Morgan fingerprint density at radius 1 is 1.28 bits per heavy atom. The number of nitrogens with zero attached hydrogens (tertiary/aromatic N) is 1. The first-order valence-electron chi connectivity index (χ1n) is 11.0. The summed E-state index contributed by atoms with van der Waals surface area (Å²) in [7, 11) is 3.14. The summed E-state index contributed by atoms with van der Waals surface area (Å²) in [6.45, 7) is 6.96. The van der Waals surface area contributed by atoms with Crippen LogP contribution in [-0.4, -0.2) is 25.1 Å². The van der Waals surface area contributed by atoms with Gasteiger partial charge in [-0.05, 0) is 54.4 Å². The van der Waals surface area contributed by atoms with Crippen LogP contribution in [0.3, 0.4) is 0 Å². The van der Waals surface area contributed by atoms with E-state index in [0.717, 1.165) is 41.6 Å². The summed E-state index contributed by atoms with van der Waals surface area (Å²) in [5.74, 6) is 1.53. The molecule has 1 aromatic carbocycles. The van der Waals surface area contributed by atoms with Crippen molar-refractivity contribution in [1.82, 2.24) is 4.98 Å². The third-order valence-corrected chi connectivity index (χ3v) is 8.08. The molecule has 3 N–H and O–H groups in total. The molecule has 32 heavy (non-hydrogen) atoms. The topological polar surface area (TPSA) is 86.5 Å². The van der Waals surface area contributed by atoms with Crippen molar-refractivity contribution in [2.24, 2.45) is 11.3 Å². The van der Waals surface area contributed by atoms with Crippen molar-refractivity contribution in [1.29, 1.82) is 0 Å². The van der Waals surface area contributed by atoms with Gasteiger partial charge in [0, 0.05) is 17.1 Å². The van der Waals surface area contributed by atoms with Crippen molar-refractivity contribution in [3.63, 3.8) is 0 Å². The molecular weight excluding hydrogens is 422 g/mol. The number of hydrogen-bond donors (Lipinski definition) is 2. The Bertz CT molecular complexity index is 1170. The van der Waals surface area contributed by atoms with Crippen LogP contribution in [0, 0.1) is 11.3 Å². The zero-order chi connectivity index (χ0) is 23.0. The van der Waals surface area contributed by atoms with Gasteiger partial charge in [0.25, 0.3) is 5.91 Å². The second kappa shape index (κ2) is 8.62. The van der Waals surface area contributed by atoms with E-state index in [9.17, 15) is 4.79 Å². The normalized spacial score (nSPS) is 16.0. The van der Waals surface area contributed by atoms with Crippen LogP contribution >= 0.6 is 11.3 Å². The van der Waals surface area contributed by atoms with Gasteiger partial charge in [0.1, 0.15) is 21.2 Å². The minimum Gasteiger partial charge on any atom is -0.497 e. The first kappa shape index (κ1) is 22.4. The number of benzene rings is 1. The van der Waals surface area contributed by atoms with Crippen LogP contribution in [0.2, 0.25) is 0 Å². The number of thiophene rings is 1. The largest absolute Gasteiger partial charge is 0.497 e. The summed E-state index contributed by atoms with van der Waals surface area (Å²) in [4.78, 5) is 19.3. The van der Waals surface area contributed by atoms with Gasteiger partial charge in [-0.25, -0.2) is 4.98 Å². The van der Waals surface area contributed by atoms with Crippen molar-refractivity contribution in [3.8, 4) is 11.5 Å². The Labute approximate surface area is 193 Å². The molecule has 7 heteroatoms. The van der Waals surface area contributed by atoms with Crippen LogP contribution < -0.4 is 20.5 Å². The minimum atomic E-state index is -0.278. The summed E-state index contributed by atoms with van der Waals surface area (Å²) in [6.07, 6.45) is 4.29. The number of aryl methyl sites for hydroxylation is 1. The van der Waals surface area contributed by atoms with Crippen LogP contribution in [-0.2, 0) is 12.8 Å². The molecule has 0 radical (unpaired) electrons. The smallest absolute Gasteiger partial charge is 0.268 e. The molecule has 0 fully saturated rings. The van der Waals surface area contributed by atoms with Gasteiger partial charge in [-0.1, -0.05) is 27.2 Å². The summed E-state index contributed by atoms with van der Waals surface area (Å²) >= 11 is 1.34. The standard InChI is InChI=1S/C25H31N3O3S/c1-6-25(2,3)15-7-9-18-14(11-15)12-17-21(26)22(32-24(17)28-18)23(29)27-19-13-16(30-4)8-10-20(19)31-5/h8,10,12-13,15H,6-7,9,11,26H2,1-5H3,(H,27,29). The van der Waals surface area contributed by atoms with E-state index >= 15 is 0 Å². The Hall–Kier alpha value is -2.80. The maximum Gasteiger partial charge on any atom is 0.268 e. The number of pyridine rings is 1. The highest BCUT2D eigenvalue weighted by Gasteiger charge is 2.32. The third-order valence-electron chi connectivity index (χ3n) is 6.96. The van der Waals surface area contributed by atoms with E-state index in [1.54, 1.807) is 32.4 Å². The lowest BCUT2D eigenvalue weighted by molar-refractivity contribution is 0.103. The molecule has 0 spiro atoms. The van der Waals surface area contributed by atoms with Gasteiger partial charge in [0.15, 0.2) is 0 Å². The number of aromatic nitrogens is 1. The summed E-state index contributed by atoms with van der Waals surface area (Å²) in [5, 5.41) is 3.78. The molecule has 2 heterocycles. The molecule has 1 atom stereocenters. The van der Waals surface area contributed by atoms with Gasteiger partial charge in [-0.15, -0.1) is 11.3 Å². The van der Waals surface area contributed by atoms with Gasteiger partial charge >= 0.3 is 0 Å². The number of methoxy groups -OCH3 is 2. The number of fused-ring (bicyclic) bond motifs is 2. The molecule has 4 rings (SSSR count). The van der Waals surface area contributed by atoms with E-state index in [1.165, 1.54) is 16.9 Å². The van der Waals surface area contributed by atoms with Crippen molar-refractivity contribution in [2.75, 3.05) is 25.3 Å². The second-order valence-electron chi connectivity index (χ2n) is 9.09. The lowest BCUT2D eigenvalue weighted by Gasteiger charge is -2.36. The monoisotopic (exact) mass is 453 g/mol. The highest BCUT2D eigenvalue weighted by Crippen LogP contribution is 2.42. The van der Waals surface area contributed by atoms with Crippen molar-refractivity contribution < 1.29 is 14.3 Å². The SMILES string of the molecule is CCC(C)(C)C1CCc2nc3sc(C(=O)Nc4cc(OC)ccc4OC)c(N)c3cc2C1. The van der Waals surface area contributed by atoms with Gasteiger partial charge in [0.05, 0.1) is 25.6 Å². The summed E-state index contributed by atoms with van der Waals surface area (Å²) < 4.78 is 10.6. The lowest BCUT2D eigenvalue weighted by Crippen LogP contribution is -2.29. The Morgan fingerprint density at radius 2 is 2.06 bits per heavy atom. The maximum absolute atomic E-state index is 13.1. The second-order valence-corrected chi connectivity index (χ2v) is 10.1. The number of rotatable bonds is 6. The number of nitrogen functional groups attached to an aromatic ring is 1. The fourth-order valence-corrected chi connectivity index (χ4v) is 5.40. The highest BCUT2D eigenvalue weighted by atomic mass is 32.1. The number of anilines is 2. The molecule has 1 unspecified atom stereocenters. The molecule has 6 nitrogen and oxygen atoms in total. The molecule has 170 valence electrons.